The molecular weight excluding hydrogens is 192 g/mol. The van der Waals surface area contributed by atoms with E-state index in [1.807, 2.05) is 0 Å². The zero-order chi connectivity index (χ0) is 11.1. The Morgan fingerprint density at radius 3 is 2.29 bits per heavy atom. The molecule has 0 aromatic rings. The minimum absolute atomic E-state index is 0.125. The van der Waals surface area contributed by atoms with Gasteiger partial charge in [-0.3, -0.25) is 9.59 Å². The predicted molar refractivity (Wildman–Crippen MR) is 45.5 cm³/mol. The Kier molecular flexibility index (Phi) is 5.82. The Bertz CT molecular complexity index is 202. The van der Waals surface area contributed by atoms with Crippen LogP contribution in [0, 0.1) is 0 Å². The fourth-order valence-corrected chi connectivity index (χ4v) is 0.881. The average molecular weight is 206 g/mol. The maximum atomic E-state index is 10.3. The van der Waals surface area contributed by atoms with Gasteiger partial charge in [0.2, 0.25) is 0 Å². The van der Waals surface area contributed by atoms with E-state index >= 15 is 0 Å². The van der Waals surface area contributed by atoms with Crippen LogP contribution in [-0.4, -0.2) is 46.1 Å². The number of carbonyl (C=O) groups excluding carboxylic acids is 1. The molecule has 0 saturated carbocycles. The molecule has 0 radical (unpaired) electrons. The summed E-state index contributed by atoms with van der Waals surface area (Å²) in [5.74, 6) is -1.67. The van der Waals surface area contributed by atoms with Gasteiger partial charge in [0.25, 0.3) is 0 Å². The van der Waals surface area contributed by atoms with E-state index in [2.05, 4.69) is 4.74 Å². The van der Waals surface area contributed by atoms with Gasteiger partial charge in [-0.15, -0.1) is 0 Å². The highest BCUT2D eigenvalue weighted by Gasteiger charge is 2.15. The minimum atomic E-state index is -1.14. The molecule has 0 aliphatic heterocycles. The van der Waals surface area contributed by atoms with Gasteiger partial charge in [-0.25, -0.2) is 0 Å². The lowest BCUT2D eigenvalue weighted by Crippen LogP contribution is -2.25. The third-order valence-corrected chi connectivity index (χ3v) is 1.43. The molecule has 2 atom stereocenters. The minimum Gasteiger partial charge on any atom is -0.481 e. The molecule has 0 aliphatic carbocycles. The summed E-state index contributed by atoms with van der Waals surface area (Å²) in [5, 5.41) is 26.5. The van der Waals surface area contributed by atoms with Gasteiger partial charge >= 0.3 is 11.9 Å². The van der Waals surface area contributed by atoms with Crippen molar-refractivity contribution in [2.24, 2.45) is 0 Å². The SMILES string of the molecule is CC(=O)OCC(O)CC(O)CC(=O)O. The highest BCUT2D eigenvalue weighted by Crippen LogP contribution is 2.03. The first-order valence-corrected chi connectivity index (χ1v) is 4.13. The van der Waals surface area contributed by atoms with Crippen molar-refractivity contribution in [1.29, 1.82) is 0 Å². The van der Waals surface area contributed by atoms with E-state index in [1.54, 1.807) is 0 Å². The van der Waals surface area contributed by atoms with Crippen LogP contribution in [0.25, 0.3) is 0 Å². The molecule has 6 nitrogen and oxygen atoms in total. The van der Waals surface area contributed by atoms with Crippen LogP contribution in [0.3, 0.4) is 0 Å². The van der Waals surface area contributed by atoms with Crippen molar-refractivity contribution in [1.82, 2.24) is 0 Å². The van der Waals surface area contributed by atoms with Gasteiger partial charge in [-0.2, -0.15) is 0 Å². The molecule has 6 heteroatoms. The van der Waals surface area contributed by atoms with Crippen LogP contribution in [0.1, 0.15) is 19.8 Å². The molecule has 0 heterocycles. The van der Waals surface area contributed by atoms with Crippen molar-refractivity contribution >= 4 is 11.9 Å². The number of aliphatic hydroxyl groups excluding tert-OH is 2. The number of aliphatic carboxylic acids is 1. The van der Waals surface area contributed by atoms with Gasteiger partial charge in [0.15, 0.2) is 0 Å². The fraction of sp³-hybridized carbons (Fsp3) is 0.750. The van der Waals surface area contributed by atoms with Gasteiger partial charge in [0.1, 0.15) is 6.61 Å². The van der Waals surface area contributed by atoms with E-state index in [-0.39, 0.29) is 13.0 Å². The maximum Gasteiger partial charge on any atom is 0.305 e. The van der Waals surface area contributed by atoms with E-state index in [9.17, 15) is 9.59 Å². The van der Waals surface area contributed by atoms with Gasteiger partial charge in [0, 0.05) is 13.3 Å². The number of hydrogen-bond acceptors (Lipinski definition) is 5. The number of rotatable bonds is 6. The number of hydrogen-bond donors (Lipinski definition) is 3. The molecule has 0 bridgehead atoms. The van der Waals surface area contributed by atoms with E-state index in [1.165, 1.54) is 6.92 Å². The molecule has 14 heavy (non-hydrogen) atoms. The average Bonchev–Trinajstić information content (AvgIpc) is 1.98. The normalized spacial score (nSPS) is 14.5. The predicted octanol–water partition coefficient (Wildman–Crippen LogP) is -0.864. The highest BCUT2D eigenvalue weighted by atomic mass is 16.5. The first-order chi connectivity index (χ1) is 6.41. The summed E-state index contributed by atoms with van der Waals surface area (Å²) in [6.07, 6.45) is -2.72. The Morgan fingerprint density at radius 2 is 1.86 bits per heavy atom. The van der Waals surface area contributed by atoms with Crippen molar-refractivity contribution in [2.75, 3.05) is 6.61 Å². The smallest absolute Gasteiger partial charge is 0.305 e. The van der Waals surface area contributed by atoms with Gasteiger partial charge < -0.3 is 20.1 Å². The Hall–Kier alpha value is -1.14. The van der Waals surface area contributed by atoms with Gasteiger partial charge in [-0.05, 0) is 0 Å². The summed E-state index contributed by atoms with van der Waals surface area (Å²) in [6.45, 7) is 0.965. The molecule has 0 aromatic carbocycles. The van der Waals surface area contributed by atoms with Gasteiger partial charge in [0.05, 0.1) is 18.6 Å². The second kappa shape index (κ2) is 6.33. The summed E-state index contributed by atoms with van der Waals surface area (Å²) < 4.78 is 4.46. The van der Waals surface area contributed by atoms with Crippen molar-refractivity contribution in [3.63, 3.8) is 0 Å². The standard InChI is InChI=1S/C8H14O6/c1-5(9)14-4-7(11)2-6(10)3-8(12)13/h6-7,10-11H,2-4H2,1H3,(H,12,13). The van der Waals surface area contributed by atoms with Gasteiger partial charge in [-0.1, -0.05) is 0 Å². The number of esters is 1. The van der Waals surface area contributed by atoms with Crippen molar-refractivity contribution in [2.45, 2.75) is 32.0 Å². The molecule has 0 saturated heterocycles. The van der Waals surface area contributed by atoms with Crippen LogP contribution >= 0.6 is 0 Å². The van der Waals surface area contributed by atoms with Crippen molar-refractivity contribution in [3.05, 3.63) is 0 Å². The second-order valence-electron chi connectivity index (χ2n) is 2.94. The van der Waals surface area contributed by atoms with Crippen LogP contribution in [0.2, 0.25) is 0 Å². The number of carboxylic acids is 1. The monoisotopic (exact) mass is 206 g/mol. The summed E-state index contributed by atoms with van der Waals surface area (Å²) in [6, 6.07) is 0. The summed E-state index contributed by atoms with van der Waals surface area (Å²) in [5.41, 5.74) is 0. The molecule has 2 unspecified atom stereocenters. The summed E-state index contributed by atoms with van der Waals surface area (Å²) >= 11 is 0. The number of aliphatic hydroxyl groups is 2. The van der Waals surface area contributed by atoms with Crippen molar-refractivity contribution < 1.29 is 29.6 Å². The quantitative estimate of drug-likeness (QED) is 0.488. The number of ether oxygens (including phenoxy) is 1. The lowest BCUT2D eigenvalue weighted by atomic mass is 10.1. The first kappa shape index (κ1) is 12.9. The Labute approximate surface area is 81.1 Å². The van der Waals surface area contributed by atoms with Crippen LogP contribution < -0.4 is 0 Å². The highest BCUT2D eigenvalue weighted by molar-refractivity contribution is 5.67. The van der Waals surface area contributed by atoms with E-state index in [0.717, 1.165) is 0 Å². The molecule has 0 spiro atoms. The molecular formula is C8H14O6. The van der Waals surface area contributed by atoms with Crippen molar-refractivity contribution in [3.8, 4) is 0 Å². The van der Waals surface area contributed by atoms with Crippen LogP contribution in [0.4, 0.5) is 0 Å². The third kappa shape index (κ3) is 7.51. The molecule has 0 rings (SSSR count). The first-order valence-electron chi connectivity index (χ1n) is 4.13. The van der Waals surface area contributed by atoms with Crippen LogP contribution in [-0.2, 0) is 14.3 Å². The fourth-order valence-electron chi connectivity index (χ4n) is 0.881. The Morgan fingerprint density at radius 1 is 1.29 bits per heavy atom. The third-order valence-electron chi connectivity index (χ3n) is 1.43. The molecule has 0 aromatic heterocycles. The zero-order valence-corrected chi connectivity index (χ0v) is 7.84. The number of carbonyl (C=O) groups is 2. The molecule has 0 fully saturated rings. The second-order valence-corrected chi connectivity index (χ2v) is 2.94. The summed E-state index contributed by atoms with van der Waals surface area (Å²) in [7, 11) is 0. The lowest BCUT2D eigenvalue weighted by molar-refractivity contribution is -0.145. The topological polar surface area (TPSA) is 104 Å². The lowest BCUT2D eigenvalue weighted by Gasteiger charge is -2.13. The molecule has 3 N–H and O–H groups in total. The largest absolute Gasteiger partial charge is 0.481 e. The van der Waals surface area contributed by atoms with E-state index in [4.69, 9.17) is 15.3 Å². The van der Waals surface area contributed by atoms with E-state index in [0.29, 0.717) is 0 Å². The van der Waals surface area contributed by atoms with Crippen LogP contribution in [0.5, 0.6) is 0 Å². The zero-order valence-electron chi connectivity index (χ0n) is 7.84. The maximum absolute atomic E-state index is 10.3. The number of carboxylic acid groups (broad SMARTS) is 1. The van der Waals surface area contributed by atoms with Crippen LogP contribution in [0.15, 0.2) is 0 Å². The molecule has 0 amide bonds. The molecule has 82 valence electrons. The summed E-state index contributed by atoms with van der Waals surface area (Å²) in [4.78, 5) is 20.5. The van der Waals surface area contributed by atoms with E-state index < -0.39 is 30.6 Å². The Balaban J connectivity index is 3.65. The molecule has 0 aliphatic rings.